The molecular weight excluding hydrogens is 186 g/mol. The first kappa shape index (κ1) is 8.62. The van der Waals surface area contributed by atoms with Gasteiger partial charge in [0.2, 0.25) is 5.89 Å². The lowest BCUT2D eigenvalue weighted by Gasteiger charge is -2.00. The lowest BCUT2D eigenvalue weighted by atomic mass is 10.6. The number of hydrogen-bond acceptors (Lipinski definition) is 5. The number of amidine groups is 1. The van der Waals surface area contributed by atoms with E-state index in [9.17, 15) is 0 Å². The van der Waals surface area contributed by atoms with Crippen LogP contribution in [0.2, 0.25) is 0 Å². The van der Waals surface area contributed by atoms with E-state index in [0.29, 0.717) is 12.4 Å². The maximum absolute atomic E-state index is 5.31. The molecule has 1 N–H and O–H groups in total. The van der Waals surface area contributed by atoms with Gasteiger partial charge in [0.05, 0.1) is 19.3 Å². The Hall–Kier alpha value is -0.970. The van der Waals surface area contributed by atoms with Gasteiger partial charge >= 0.3 is 0 Å². The molecule has 1 aromatic rings. The van der Waals surface area contributed by atoms with Crippen LogP contribution in [0.5, 0.6) is 0 Å². The van der Waals surface area contributed by atoms with Gasteiger partial charge in [0.1, 0.15) is 5.76 Å². The second-order valence-corrected chi connectivity index (χ2v) is 3.84. The molecule has 0 aliphatic carbocycles. The molecule has 4 nitrogen and oxygen atoms in total. The normalized spacial score (nSPS) is 15.9. The van der Waals surface area contributed by atoms with Crippen LogP contribution in [0.1, 0.15) is 11.7 Å². The minimum Gasteiger partial charge on any atom is -0.444 e. The molecule has 0 amide bonds. The van der Waals surface area contributed by atoms with Crippen molar-refractivity contribution in [1.29, 1.82) is 0 Å². The van der Waals surface area contributed by atoms with Gasteiger partial charge in [-0.3, -0.25) is 4.99 Å². The van der Waals surface area contributed by atoms with Crippen molar-refractivity contribution in [3.8, 4) is 0 Å². The molecule has 2 heterocycles. The first-order chi connectivity index (χ1) is 6.34. The summed E-state index contributed by atoms with van der Waals surface area (Å²) in [4.78, 5) is 8.34. The fraction of sp³-hybridized carbons (Fsp3) is 0.500. The van der Waals surface area contributed by atoms with Crippen LogP contribution in [0.15, 0.2) is 15.6 Å². The third-order valence-electron chi connectivity index (χ3n) is 1.65. The van der Waals surface area contributed by atoms with Crippen molar-refractivity contribution in [2.45, 2.75) is 13.5 Å². The summed E-state index contributed by atoms with van der Waals surface area (Å²) in [5.74, 6) is 2.64. The molecular formula is C8H11N3OS. The van der Waals surface area contributed by atoms with Gasteiger partial charge < -0.3 is 9.73 Å². The van der Waals surface area contributed by atoms with E-state index in [4.69, 9.17) is 4.42 Å². The van der Waals surface area contributed by atoms with Crippen LogP contribution in [0.4, 0.5) is 0 Å². The van der Waals surface area contributed by atoms with E-state index in [-0.39, 0.29) is 0 Å². The third-order valence-corrected chi connectivity index (χ3v) is 2.58. The lowest BCUT2D eigenvalue weighted by molar-refractivity contribution is 0.466. The molecule has 0 saturated carbocycles. The van der Waals surface area contributed by atoms with E-state index in [1.807, 2.05) is 6.92 Å². The summed E-state index contributed by atoms with van der Waals surface area (Å²) in [5, 5.41) is 4.16. The maximum atomic E-state index is 5.31. The molecule has 0 saturated heterocycles. The summed E-state index contributed by atoms with van der Waals surface area (Å²) >= 11 is 1.74. The molecule has 0 aromatic carbocycles. The van der Waals surface area contributed by atoms with Crippen molar-refractivity contribution in [3.63, 3.8) is 0 Å². The molecule has 0 radical (unpaired) electrons. The molecule has 1 aliphatic rings. The molecule has 2 rings (SSSR count). The molecule has 0 atom stereocenters. The van der Waals surface area contributed by atoms with Gasteiger partial charge in [-0.25, -0.2) is 4.98 Å². The summed E-state index contributed by atoms with van der Waals surface area (Å²) < 4.78 is 5.31. The molecule has 13 heavy (non-hydrogen) atoms. The van der Waals surface area contributed by atoms with Crippen molar-refractivity contribution < 1.29 is 4.42 Å². The van der Waals surface area contributed by atoms with Crippen molar-refractivity contribution in [2.24, 2.45) is 4.99 Å². The highest BCUT2D eigenvalue weighted by atomic mass is 32.2. The predicted molar refractivity (Wildman–Crippen MR) is 52.8 cm³/mol. The number of rotatable bonds is 2. The van der Waals surface area contributed by atoms with Gasteiger partial charge in [0.25, 0.3) is 0 Å². The minimum absolute atomic E-state index is 0.625. The Morgan fingerprint density at radius 1 is 1.69 bits per heavy atom. The smallest absolute Gasteiger partial charge is 0.213 e. The molecule has 70 valence electrons. The highest BCUT2D eigenvalue weighted by molar-refractivity contribution is 8.14. The van der Waals surface area contributed by atoms with Crippen molar-refractivity contribution in [1.82, 2.24) is 10.3 Å². The first-order valence-electron chi connectivity index (χ1n) is 4.17. The first-order valence-corrected chi connectivity index (χ1v) is 5.15. The average Bonchev–Trinajstić information content (AvgIpc) is 2.71. The Bertz CT molecular complexity index is 321. The monoisotopic (exact) mass is 197 g/mol. The standard InChI is InChI=1S/C8H11N3OS/c1-6-4-10-7(12-6)5-11-8-9-2-3-13-8/h4H,2-3,5H2,1H3,(H,9,11). The number of thioether (sulfide) groups is 1. The number of aromatic nitrogens is 1. The van der Waals surface area contributed by atoms with E-state index < -0.39 is 0 Å². The number of aliphatic imine (C=N–C) groups is 1. The van der Waals surface area contributed by atoms with Crippen LogP contribution in [-0.2, 0) is 6.54 Å². The Morgan fingerprint density at radius 2 is 2.62 bits per heavy atom. The molecule has 0 spiro atoms. The average molecular weight is 197 g/mol. The fourth-order valence-electron chi connectivity index (χ4n) is 1.08. The van der Waals surface area contributed by atoms with Crippen LogP contribution >= 0.6 is 11.8 Å². The second-order valence-electron chi connectivity index (χ2n) is 2.75. The van der Waals surface area contributed by atoms with Gasteiger partial charge in [-0.1, -0.05) is 11.8 Å². The van der Waals surface area contributed by atoms with E-state index in [0.717, 1.165) is 23.2 Å². The summed E-state index contributed by atoms with van der Waals surface area (Å²) in [6.07, 6.45) is 1.72. The van der Waals surface area contributed by atoms with Gasteiger partial charge in [-0.05, 0) is 6.92 Å². The highest BCUT2D eigenvalue weighted by Gasteiger charge is 2.07. The lowest BCUT2D eigenvalue weighted by Crippen LogP contribution is -2.18. The molecule has 0 bridgehead atoms. The van der Waals surface area contributed by atoms with Crippen LogP contribution in [0.3, 0.4) is 0 Å². The van der Waals surface area contributed by atoms with Crippen LogP contribution in [-0.4, -0.2) is 22.4 Å². The molecule has 1 aliphatic heterocycles. The number of nitrogens with one attached hydrogen (secondary N) is 1. The number of nitrogens with zero attached hydrogens (tertiary/aromatic N) is 2. The number of hydrogen-bond donors (Lipinski definition) is 1. The maximum Gasteiger partial charge on any atom is 0.213 e. The Kier molecular flexibility index (Phi) is 2.54. The van der Waals surface area contributed by atoms with Crippen LogP contribution in [0.25, 0.3) is 0 Å². The summed E-state index contributed by atoms with van der Waals surface area (Å²) in [6.45, 7) is 3.43. The molecule has 0 unspecified atom stereocenters. The topological polar surface area (TPSA) is 50.4 Å². The highest BCUT2D eigenvalue weighted by Crippen LogP contribution is 2.09. The van der Waals surface area contributed by atoms with E-state index in [1.165, 1.54) is 0 Å². The van der Waals surface area contributed by atoms with Crippen molar-refractivity contribution in [2.75, 3.05) is 12.3 Å². The van der Waals surface area contributed by atoms with Crippen LogP contribution in [0, 0.1) is 6.92 Å². The zero-order valence-corrected chi connectivity index (χ0v) is 8.23. The quantitative estimate of drug-likeness (QED) is 0.773. The van der Waals surface area contributed by atoms with Gasteiger partial charge in [-0.2, -0.15) is 0 Å². The third kappa shape index (κ3) is 2.24. The zero-order valence-electron chi connectivity index (χ0n) is 7.41. The summed E-state index contributed by atoms with van der Waals surface area (Å²) in [5.41, 5.74) is 0. The van der Waals surface area contributed by atoms with E-state index in [1.54, 1.807) is 18.0 Å². The summed E-state index contributed by atoms with van der Waals surface area (Å²) in [7, 11) is 0. The second kappa shape index (κ2) is 3.83. The Morgan fingerprint density at radius 3 is 3.23 bits per heavy atom. The summed E-state index contributed by atoms with van der Waals surface area (Å²) in [6, 6.07) is 0. The van der Waals surface area contributed by atoms with E-state index in [2.05, 4.69) is 15.3 Å². The van der Waals surface area contributed by atoms with E-state index >= 15 is 0 Å². The van der Waals surface area contributed by atoms with Gasteiger partial charge in [0, 0.05) is 5.75 Å². The minimum atomic E-state index is 0.625. The van der Waals surface area contributed by atoms with Gasteiger partial charge in [0.15, 0.2) is 5.17 Å². The Balaban J connectivity index is 1.85. The largest absolute Gasteiger partial charge is 0.444 e. The van der Waals surface area contributed by atoms with Gasteiger partial charge in [-0.15, -0.1) is 0 Å². The number of aryl methyl sites for hydroxylation is 1. The number of oxazole rings is 1. The SMILES string of the molecule is Cc1cnc(CNC2=NCCS2)o1. The van der Waals surface area contributed by atoms with Crippen molar-refractivity contribution >= 4 is 16.9 Å². The zero-order chi connectivity index (χ0) is 9.10. The predicted octanol–water partition coefficient (Wildman–Crippen LogP) is 1.18. The molecule has 0 fully saturated rings. The van der Waals surface area contributed by atoms with Crippen LogP contribution < -0.4 is 5.32 Å². The molecule has 1 aromatic heterocycles. The molecule has 5 heteroatoms. The fourth-order valence-corrected chi connectivity index (χ4v) is 1.81. The Labute approximate surface area is 80.8 Å². The van der Waals surface area contributed by atoms with Crippen molar-refractivity contribution in [3.05, 3.63) is 17.8 Å².